The Morgan fingerprint density at radius 3 is 2.39 bits per heavy atom. The number of nitrogens with zero attached hydrogens (tertiary/aromatic N) is 1. The number of carbonyl (C=O) groups is 2. The monoisotopic (exact) mass is 496 g/mol. The molecule has 1 aliphatic heterocycles. The van der Waals surface area contributed by atoms with Gasteiger partial charge >= 0.3 is 12.0 Å². The van der Waals surface area contributed by atoms with E-state index in [1.165, 1.54) is 5.56 Å². The Hall–Kier alpha value is -3.06. The molecule has 2 aromatic rings. The van der Waals surface area contributed by atoms with Crippen molar-refractivity contribution in [2.75, 3.05) is 33.4 Å². The van der Waals surface area contributed by atoms with E-state index in [0.717, 1.165) is 30.6 Å². The van der Waals surface area contributed by atoms with E-state index in [2.05, 4.69) is 24.4 Å². The maximum atomic E-state index is 12.6. The highest BCUT2D eigenvalue weighted by molar-refractivity contribution is 5.79. The maximum Gasteiger partial charge on any atom is 0.338 e. The van der Waals surface area contributed by atoms with Crippen LogP contribution in [0.5, 0.6) is 5.75 Å². The van der Waals surface area contributed by atoms with E-state index in [0.29, 0.717) is 39.2 Å². The zero-order valence-corrected chi connectivity index (χ0v) is 22.0. The third-order valence-electron chi connectivity index (χ3n) is 6.89. The van der Waals surface area contributed by atoms with Crippen molar-refractivity contribution in [2.24, 2.45) is 0 Å². The van der Waals surface area contributed by atoms with Gasteiger partial charge in [0.2, 0.25) is 0 Å². The summed E-state index contributed by atoms with van der Waals surface area (Å²) in [5.74, 6) is 0.410. The molecular formula is C29H40N2O5. The van der Waals surface area contributed by atoms with Crippen molar-refractivity contribution in [1.82, 2.24) is 10.2 Å². The maximum absolute atomic E-state index is 12.6. The Labute approximate surface area is 215 Å². The first-order valence-electron chi connectivity index (χ1n) is 12.9. The SMILES string of the molecule is CCCCOC(C)(Cc1ccc(OCCC2(Cc3ccccc3)CNC(=O)N2C)cc1)C(=O)OCC. The Kier molecular flexibility index (Phi) is 9.76. The zero-order valence-electron chi connectivity index (χ0n) is 22.0. The highest BCUT2D eigenvalue weighted by Crippen LogP contribution is 2.28. The van der Waals surface area contributed by atoms with Crippen LogP contribution in [0.3, 0.4) is 0 Å². The summed E-state index contributed by atoms with van der Waals surface area (Å²) in [6.07, 6.45) is 3.77. The molecule has 196 valence electrons. The van der Waals surface area contributed by atoms with Crippen molar-refractivity contribution in [3.05, 3.63) is 65.7 Å². The number of hydrogen-bond acceptors (Lipinski definition) is 5. The molecular weight excluding hydrogens is 456 g/mol. The fraction of sp³-hybridized carbons (Fsp3) is 0.517. The summed E-state index contributed by atoms with van der Waals surface area (Å²) in [6.45, 7) is 7.59. The number of carbonyl (C=O) groups excluding carboxylic acids is 2. The second kappa shape index (κ2) is 12.8. The lowest BCUT2D eigenvalue weighted by Crippen LogP contribution is -2.47. The summed E-state index contributed by atoms with van der Waals surface area (Å²) in [4.78, 5) is 26.7. The number of amides is 2. The van der Waals surface area contributed by atoms with E-state index in [-0.39, 0.29) is 17.5 Å². The predicted molar refractivity (Wildman–Crippen MR) is 140 cm³/mol. The van der Waals surface area contributed by atoms with Crippen molar-refractivity contribution in [2.45, 2.75) is 64.0 Å². The van der Waals surface area contributed by atoms with E-state index in [9.17, 15) is 9.59 Å². The first kappa shape index (κ1) is 27.5. The first-order chi connectivity index (χ1) is 17.3. The largest absolute Gasteiger partial charge is 0.494 e. The average Bonchev–Trinajstić information content (AvgIpc) is 3.14. The molecule has 0 aromatic heterocycles. The molecule has 0 aliphatic carbocycles. The molecule has 1 N–H and O–H groups in total. The number of esters is 1. The summed E-state index contributed by atoms with van der Waals surface area (Å²) in [5, 5.41) is 2.98. The van der Waals surface area contributed by atoms with E-state index in [1.807, 2.05) is 49.5 Å². The molecule has 0 radical (unpaired) electrons. The third kappa shape index (κ3) is 7.00. The lowest BCUT2D eigenvalue weighted by molar-refractivity contribution is -0.170. The molecule has 0 saturated carbocycles. The summed E-state index contributed by atoms with van der Waals surface area (Å²) < 4.78 is 17.3. The van der Waals surface area contributed by atoms with Crippen LogP contribution < -0.4 is 10.1 Å². The van der Waals surface area contributed by atoms with Crippen LogP contribution in [-0.4, -0.2) is 61.5 Å². The summed E-state index contributed by atoms with van der Waals surface area (Å²) >= 11 is 0. The van der Waals surface area contributed by atoms with Gasteiger partial charge in [-0.3, -0.25) is 0 Å². The molecule has 2 aromatic carbocycles. The van der Waals surface area contributed by atoms with Crippen LogP contribution in [0.25, 0.3) is 0 Å². The standard InChI is InChI=1S/C29H40N2O5/c1-5-7-18-36-28(3,26(32)34-6-2)20-24-13-15-25(16-14-24)35-19-17-29(22-30-27(33)31(29)4)21-23-11-9-8-10-12-23/h8-16H,5-7,17-22H2,1-4H3,(H,30,33). The summed E-state index contributed by atoms with van der Waals surface area (Å²) in [6, 6.07) is 17.9. The van der Waals surface area contributed by atoms with Gasteiger partial charge in [-0.1, -0.05) is 55.8 Å². The van der Waals surface area contributed by atoms with Crippen LogP contribution in [0, 0.1) is 0 Å². The highest BCUT2D eigenvalue weighted by atomic mass is 16.6. The molecule has 2 amide bonds. The van der Waals surface area contributed by atoms with Gasteiger partial charge in [-0.2, -0.15) is 0 Å². The molecule has 2 unspecified atom stereocenters. The van der Waals surface area contributed by atoms with Crippen LogP contribution in [0.4, 0.5) is 4.79 Å². The number of nitrogens with one attached hydrogen (secondary N) is 1. The minimum Gasteiger partial charge on any atom is -0.494 e. The average molecular weight is 497 g/mol. The van der Waals surface area contributed by atoms with Gasteiger partial charge in [-0.05, 0) is 49.9 Å². The molecule has 0 spiro atoms. The van der Waals surface area contributed by atoms with Crippen LogP contribution in [0.1, 0.15) is 51.2 Å². The second-order valence-corrected chi connectivity index (χ2v) is 9.68. The van der Waals surface area contributed by atoms with Gasteiger partial charge in [0.1, 0.15) is 5.75 Å². The third-order valence-corrected chi connectivity index (χ3v) is 6.89. The fourth-order valence-corrected chi connectivity index (χ4v) is 4.55. The molecule has 1 fully saturated rings. The number of unbranched alkanes of at least 4 members (excludes halogenated alkanes) is 1. The first-order valence-corrected chi connectivity index (χ1v) is 12.9. The van der Waals surface area contributed by atoms with Crippen LogP contribution >= 0.6 is 0 Å². The van der Waals surface area contributed by atoms with Crippen LogP contribution in [0.2, 0.25) is 0 Å². The lowest BCUT2D eigenvalue weighted by atomic mass is 9.87. The van der Waals surface area contributed by atoms with Crippen LogP contribution in [0.15, 0.2) is 54.6 Å². The van der Waals surface area contributed by atoms with E-state index in [1.54, 1.807) is 18.7 Å². The Balaban J connectivity index is 1.61. The number of rotatable bonds is 14. The van der Waals surface area contributed by atoms with Crippen molar-refractivity contribution >= 4 is 12.0 Å². The minimum absolute atomic E-state index is 0.0545. The fourth-order valence-electron chi connectivity index (χ4n) is 4.55. The van der Waals surface area contributed by atoms with Gasteiger partial charge in [-0.25, -0.2) is 9.59 Å². The van der Waals surface area contributed by atoms with Gasteiger partial charge < -0.3 is 24.4 Å². The second-order valence-electron chi connectivity index (χ2n) is 9.68. The van der Waals surface area contributed by atoms with Crippen molar-refractivity contribution < 1.29 is 23.8 Å². The minimum atomic E-state index is -1.02. The van der Waals surface area contributed by atoms with E-state index < -0.39 is 5.60 Å². The van der Waals surface area contributed by atoms with E-state index in [4.69, 9.17) is 14.2 Å². The number of hydrogen-bond donors (Lipinski definition) is 1. The molecule has 7 heteroatoms. The Morgan fingerprint density at radius 1 is 1.06 bits per heavy atom. The van der Waals surface area contributed by atoms with Gasteiger partial charge in [0.25, 0.3) is 0 Å². The predicted octanol–water partition coefficient (Wildman–Crippen LogP) is 4.77. The van der Waals surface area contributed by atoms with Crippen molar-refractivity contribution in [3.63, 3.8) is 0 Å². The number of urea groups is 1. The Bertz CT molecular complexity index is 981. The summed E-state index contributed by atoms with van der Waals surface area (Å²) in [5.41, 5.74) is 0.802. The van der Waals surface area contributed by atoms with Gasteiger partial charge in [-0.15, -0.1) is 0 Å². The lowest BCUT2D eigenvalue weighted by Gasteiger charge is -2.35. The number of benzene rings is 2. The van der Waals surface area contributed by atoms with Gasteiger partial charge in [0.05, 0.1) is 18.8 Å². The number of likely N-dealkylation sites (N-methyl/N-ethyl adjacent to an activating group) is 1. The highest BCUT2D eigenvalue weighted by Gasteiger charge is 2.43. The molecule has 1 saturated heterocycles. The Morgan fingerprint density at radius 2 is 1.78 bits per heavy atom. The molecule has 1 aliphatic rings. The van der Waals surface area contributed by atoms with Crippen molar-refractivity contribution in [1.29, 1.82) is 0 Å². The summed E-state index contributed by atoms with van der Waals surface area (Å²) in [7, 11) is 1.85. The molecule has 36 heavy (non-hydrogen) atoms. The van der Waals surface area contributed by atoms with E-state index >= 15 is 0 Å². The number of ether oxygens (including phenoxy) is 3. The molecule has 2 atom stereocenters. The molecule has 1 heterocycles. The molecule has 0 bridgehead atoms. The van der Waals surface area contributed by atoms with Crippen LogP contribution in [-0.2, 0) is 27.1 Å². The van der Waals surface area contributed by atoms with Gasteiger partial charge in [0.15, 0.2) is 5.60 Å². The van der Waals surface area contributed by atoms with Crippen molar-refractivity contribution in [3.8, 4) is 5.75 Å². The normalized spacial score (nSPS) is 19.0. The zero-order chi connectivity index (χ0) is 26.0. The smallest absolute Gasteiger partial charge is 0.338 e. The topological polar surface area (TPSA) is 77.1 Å². The molecule has 7 nitrogen and oxygen atoms in total. The quantitative estimate of drug-likeness (QED) is 0.301. The van der Waals surface area contributed by atoms with Gasteiger partial charge in [0, 0.05) is 33.0 Å². The molecule has 3 rings (SSSR count).